The molecule has 18 nitrogen and oxygen atoms in total. The summed E-state index contributed by atoms with van der Waals surface area (Å²) < 4.78 is 66.4. The van der Waals surface area contributed by atoms with Gasteiger partial charge in [0.1, 0.15) is 48.6 Å². The van der Waals surface area contributed by atoms with Crippen LogP contribution >= 0.6 is 0 Å². The average Bonchev–Trinajstić information content (AvgIpc) is 3.47. The third-order valence-corrected chi connectivity index (χ3v) is 10.1. The Morgan fingerprint density at radius 2 is 1.23 bits per heavy atom. The highest BCUT2D eigenvalue weighted by Gasteiger charge is 2.61. The molecule has 0 bridgehead atoms. The lowest BCUT2D eigenvalue weighted by Crippen LogP contribution is -2.71. The van der Waals surface area contributed by atoms with E-state index in [9.17, 15) is 28.8 Å². The van der Waals surface area contributed by atoms with E-state index in [1.807, 2.05) is 6.07 Å². The first-order valence-electron chi connectivity index (χ1n) is 19.0. The van der Waals surface area contributed by atoms with Crippen molar-refractivity contribution in [3.05, 3.63) is 95.6 Å². The molecule has 0 radical (unpaired) electrons. The highest BCUT2D eigenvalue weighted by Crippen LogP contribution is 2.42. The molecule has 18 heteroatoms. The van der Waals surface area contributed by atoms with Gasteiger partial charge in [0, 0.05) is 33.3 Å². The predicted molar refractivity (Wildman–Crippen MR) is 200 cm³/mol. The number of carbonyl (C=O) groups is 6. The Labute approximate surface area is 343 Å². The van der Waals surface area contributed by atoms with E-state index in [-0.39, 0.29) is 23.5 Å². The number of rotatable bonds is 12. The number of ether oxygens (including phenoxy) is 11. The topological polar surface area (TPSA) is 207 Å². The molecular formula is C42H43NO17. The highest BCUT2D eigenvalue weighted by atomic mass is 16.8. The Bertz CT molecular complexity index is 2040. The van der Waals surface area contributed by atoms with Crippen LogP contribution in [0.3, 0.4) is 0 Å². The molecule has 4 aliphatic rings. The third kappa shape index (κ3) is 8.97. The van der Waals surface area contributed by atoms with E-state index in [0.717, 1.165) is 32.6 Å². The molecule has 2 amide bonds. The van der Waals surface area contributed by atoms with Crippen molar-refractivity contribution in [2.75, 3.05) is 20.3 Å². The molecule has 7 rings (SSSR count). The van der Waals surface area contributed by atoms with Gasteiger partial charge in [-0.3, -0.25) is 33.7 Å². The molecule has 3 fully saturated rings. The molecule has 3 aromatic rings. The quantitative estimate of drug-likeness (QED) is 0.146. The summed E-state index contributed by atoms with van der Waals surface area (Å²) >= 11 is 0. The van der Waals surface area contributed by atoms with Crippen LogP contribution in [0, 0.1) is 0 Å². The lowest BCUT2D eigenvalue weighted by Gasteiger charge is -2.52. The molecule has 318 valence electrons. The smallest absolute Gasteiger partial charge is 0.303 e. The molecule has 11 atom stereocenters. The Morgan fingerprint density at radius 1 is 0.650 bits per heavy atom. The minimum absolute atomic E-state index is 0.0973. The number of imide groups is 1. The van der Waals surface area contributed by atoms with Gasteiger partial charge in [0.15, 0.2) is 30.9 Å². The summed E-state index contributed by atoms with van der Waals surface area (Å²) in [5, 5.41) is 0. The second-order valence-electron chi connectivity index (χ2n) is 14.2. The zero-order chi connectivity index (χ0) is 42.7. The fourth-order valence-electron chi connectivity index (χ4n) is 7.58. The molecule has 60 heavy (non-hydrogen) atoms. The second kappa shape index (κ2) is 18.1. The van der Waals surface area contributed by atoms with Crippen LogP contribution in [0.25, 0.3) is 0 Å². The van der Waals surface area contributed by atoms with Crippen molar-refractivity contribution in [1.82, 2.24) is 4.90 Å². The maximum Gasteiger partial charge on any atom is 0.303 e. The fourth-order valence-corrected chi connectivity index (χ4v) is 7.58. The summed E-state index contributed by atoms with van der Waals surface area (Å²) in [6, 6.07) is 20.2. The number of amides is 2. The summed E-state index contributed by atoms with van der Waals surface area (Å²) in [7, 11) is 1.50. The minimum atomic E-state index is -1.75. The molecule has 4 heterocycles. The summed E-state index contributed by atoms with van der Waals surface area (Å²) in [6.07, 6.45) is -14.0. The van der Waals surface area contributed by atoms with Gasteiger partial charge in [-0.2, -0.15) is 0 Å². The first-order chi connectivity index (χ1) is 28.8. The average molecular weight is 834 g/mol. The molecule has 11 unspecified atom stereocenters. The number of nitrogens with zero attached hydrogens (tertiary/aromatic N) is 1. The first-order valence-corrected chi connectivity index (χ1v) is 19.0. The Hall–Kier alpha value is -5.92. The molecule has 0 N–H and O–H groups in total. The van der Waals surface area contributed by atoms with Crippen LogP contribution in [0.5, 0.6) is 11.5 Å². The molecule has 0 aromatic heterocycles. The van der Waals surface area contributed by atoms with Gasteiger partial charge in [0.2, 0.25) is 6.29 Å². The van der Waals surface area contributed by atoms with Gasteiger partial charge in [0.05, 0.1) is 24.8 Å². The van der Waals surface area contributed by atoms with Crippen LogP contribution in [0.2, 0.25) is 0 Å². The lowest BCUT2D eigenvalue weighted by atomic mass is 9.93. The van der Waals surface area contributed by atoms with Gasteiger partial charge in [-0.25, -0.2) is 0 Å². The van der Waals surface area contributed by atoms with Crippen LogP contribution in [-0.4, -0.2) is 122 Å². The van der Waals surface area contributed by atoms with E-state index < -0.39 is 110 Å². The number of hydrogen-bond acceptors (Lipinski definition) is 17. The van der Waals surface area contributed by atoms with Gasteiger partial charge in [-0.05, 0) is 36.4 Å². The van der Waals surface area contributed by atoms with E-state index in [1.165, 1.54) is 19.2 Å². The van der Waals surface area contributed by atoms with E-state index in [0.29, 0.717) is 11.3 Å². The molecule has 0 aliphatic carbocycles. The van der Waals surface area contributed by atoms with E-state index in [2.05, 4.69) is 0 Å². The third-order valence-electron chi connectivity index (χ3n) is 10.1. The van der Waals surface area contributed by atoms with Crippen molar-refractivity contribution in [3.63, 3.8) is 0 Å². The van der Waals surface area contributed by atoms with Gasteiger partial charge in [-0.15, -0.1) is 0 Å². The Balaban J connectivity index is 1.36. The van der Waals surface area contributed by atoms with Crippen LogP contribution in [0.15, 0.2) is 78.9 Å². The standard InChI is InChI=1S/C42H43NO17/c1-21(44)51-19-30-34(53-22(2)45)36(54-23(3)46)37(55-24(4)47)42(58-30)60-35-32(43-38(48)28-13-9-10-14-29(28)39(43)49)41(56-27-17-15-26(50-5)16-18-27)57-31-20-52-40(59-33(31)35)25-11-7-6-8-12-25/h6-18,30-37,40-42H,19-20H2,1-5H3. The van der Waals surface area contributed by atoms with E-state index in [1.54, 1.807) is 60.7 Å². The van der Waals surface area contributed by atoms with Crippen LogP contribution < -0.4 is 9.47 Å². The van der Waals surface area contributed by atoms with Crippen LogP contribution in [0.4, 0.5) is 0 Å². The van der Waals surface area contributed by atoms with Crippen molar-refractivity contribution < 1.29 is 80.9 Å². The Morgan fingerprint density at radius 3 is 1.83 bits per heavy atom. The summed E-state index contributed by atoms with van der Waals surface area (Å²) in [6.45, 7) is 3.78. The van der Waals surface area contributed by atoms with E-state index >= 15 is 0 Å². The van der Waals surface area contributed by atoms with Crippen molar-refractivity contribution >= 4 is 35.7 Å². The first kappa shape index (κ1) is 42.2. The highest BCUT2D eigenvalue weighted by molar-refractivity contribution is 6.21. The molecule has 3 saturated heterocycles. The molecule has 0 saturated carbocycles. The SMILES string of the molecule is COc1ccc(OC2OC3COC(c4ccccc4)OC3C(OC3OC(COC(C)=O)C(OC(C)=O)C(OC(C)=O)C3OC(C)=O)C2N2C(=O)c3ccccc3C2=O)cc1. The van der Waals surface area contributed by atoms with Crippen molar-refractivity contribution in [2.24, 2.45) is 0 Å². The number of benzene rings is 3. The molecule has 3 aromatic carbocycles. The fraction of sp³-hybridized carbons (Fsp3) is 0.429. The van der Waals surface area contributed by atoms with Gasteiger partial charge in [-0.1, -0.05) is 42.5 Å². The van der Waals surface area contributed by atoms with Crippen molar-refractivity contribution in [3.8, 4) is 11.5 Å². The summed E-state index contributed by atoms with van der Waals surface area (Å²) in [5.74, 6) is -3.90. The predicted octanol–water partition coefficient (Wildman–Crippen LogP) is 3.05. The van der Waals surface area contributed by atoms with Crippen LogP contribution in [0.1, 0.15) is 60.3 Å². The number of methoxy groups -OCH3 is 1. The van der Waals surface area contributed by atoms with Crippen molar-refractivity contribution in [2.45, 2.75) is 95.3 Å². The van der Waals surface area contributed by atoms with Crippen LogP contribution in [-0.2, 0) is 61.8 Å². The minimum Gasteiger partial charge on any atom is -0.497 e. The molecular weight excluding hydrogens is 790 g/mol. The summed E-state index contributed by atoms with van der Waals surface area (Å²) in [4.78, 5) is 79.7. The molecule has 4 aliphatic heterocycles. The molecule has 0 spiro atoms. The maximum absolute atomic E-state index is 14.4. The maximum atomic E-state index is 14.4. The Kier molecular flexibility index (Phi) is 12.8. The second-order valence-corrected chi connectivity index (χ2v) is 14.2. The van der Waals surface area contributed by atoms with Crippen molar-refractivity contribution in [1.29, 1.82) is 0 Å². The number of hydrogen-bond donors (Lipinski definition) is 0. The summed E-state index contributed by atoms with van der Waals surface area (Å²) in [5.41, 5.74) is 0.832. The zero-order valence-corrected chi connectivity index (χ0v) is 33.2. The monoisotopic (exact) mass is 833 g/mol. The largest absolute Gasteiger partial charge is 0.497 e. The number of carbonyl (C=O) groups excluding carboxylic acids is 6. The lowest BCUT2D eigenvalue weighted by molar-refractivity contribution is -0.376. The van der Waals surface area contributed by atoms with Gasteiger partial charge in [0.25, 0.3) is 11.8 Å². The van der Waals surface area contributed by atoms with Gasteiger partial charge >= 0.3 is 23.9 Å². The zero-order valence-electron chi connectivity index (χ0n) is 33.2. The normalized spacial score (nSPS) is 29.7. The van der Waals surface area contributed by atoms with E-state index in [4.69, 9.17) is 52.1 Å². The number of esters is 4. The van der Waals surface area contributed by atoms with Gasteiger partial charge < -0.3 is 52.1 Å². The number of fused-ring (bicyclic) bond motifs is 2.